The van der Waals surface area contributed by atoms with Crippen LogP contribution >= 0.6 is 22.9 Å². The van der Waals surface area contributed by atoms with Crippen LogP contribution in [0.1, 0.15) is 10.4 Å². The van der Waals surface area contributed by atoms with Gasteiger partial charge in [0.1, 0.15) is 0 Å². The third-order valence-corrected chi connectivity index (χ3v) is 4.14. The first kappa shape index (κ1) is 13.3. The maximum Gasteiger partial charge on any atom is 0.0931 e. The number of aromatic nitrogens is 3. The van der Waals surface area contributed by atoms with E-state index in [1.807, 2.05) is 36.7 Å². The summed E-state index contributed by atoms with van der Waals surface area (Å²) in [7, 11) is 0. The molecule has 0 aliphatic carbocycles. The van der Waals surface area contributed by atoms with E-state index in [1.54, 1.807) is 17.5 Å². The number of nitrogens with one attached hydrogen (secondary N) is 2. The number of nitrogens with zero attached hydrogens (tertiary/aromatic N) is 2. The SMILES string of the molecule is Clc1ccc(CNCc2cn[nH]c2-c2cccnc2)s1. The molecule has 3 heterocycles. The van der Waals surface area contributed by atoms with Crippen LogP contribution in [0.2, 0.25) is 4.34 Å². The highest BCUT2D eigenvalue weighted by Gasteiger charge is 2.07. The molecule has 0 atom stereocenters. The van der Waals surface area contributed by atoms with Gasteiger partial charge in [-0.25, -0.2) is 0 Å². The normalized spacial score (nSPS) is 10.8. The minimum Gasteiger partial charge on any atom is -0.308 e. The summed E-state index contributed by atoms with van der Waals surface area (Å²) in [6, 6.07) is 7.89. The fourth-order valence-electron chi connectivity index (χ4n) is 1.97. The third-order valence-electron chi connectivity index (χ3n) is 2.91. The van der Waals surface area contributed by atoms with Crippen molar-refractivity contribution < 1.29 is 0 Å². The predicted octanol–water partition coefficient (Wildman–Crippen LogP) is 3.48. The Hall–Kier alpha value is -1.69. The molecular formula is C14H13ClN4S. The Bertz CT molecular complexity index is 677. The van der Waals surface area contributed by atoms with Crippen molar-refractivity contribution in [2.45, 2.75) is 13.1 Å². The second kappa shape index (κ2) is 6.17. The monoisotopic (exact) mass is 304 g/mol. The maximum absolute atomic E-state index is 5.91. The summed E-state index contributed by atoms with van der Waals surface area (Å²) in [5, 5.41) is 10.5. The predicted molar refractivity (Wildman–Crippen MR) is 81.7 cm³/mol. The summed E-state index contributed by atoms with van der Waals surface area (Å²) < 4.78 is 0.821. The molecule has 0 bridgehead atoms. The second-order valence-corrected chi connectivity index (χ2v) is 6.12. The van der Waals surface area contributed by atoms with E-state index in [2.05, 4.69) is 20.5 Å². The van der Waals surface area contributed by atoms with Crippen LogP contribution in [0, 0.1) is 0 Å². The Morgan fingerprint density at radius 1 is 1.20 bits per heavy atom. The molecule has 0 saturated carbocycles. The molecule has 4 nitrogen and oxygen atoms in total. The van der Waals surface area contributed by atoms with Crippen LogP contribution in [0.3, 0.4) is 0 Å². The Kier molecular flexibility index (Phi) is 4.11. The number of hydrogen-bond donors (Lipinski definition) is 2. The largest absolute Gasteiger partial charge is 0.308 e. The molecular weight excluding hydrogens is 292 g/mol. The van der Waals surface area contributed by atoms with E-state index >= 15 is 0 Å². The van der Waals surface area contributed by atoms with Gasteiger partial charge in [0.15, 0.2) is 0 Å². The van der Waals surface area contributed by atoms with Gasteiger partial charge >= 0.3 is 0 Å². The average Bonchev–Trinajstić information content (AvgIpc) is 3.09. The molecule has 0 aliphatic rings. The van der Waals surface area contributed by atoms with Gasteiger partial charge in [0.05, 0.1) is 16.2 Å². The Labute approximate surface area is 125 Å². The van der Waals surface area contributed by atoms with Crippen LogP contribution in [0.5, 0.6) is 0 Å². The first-order valence-electron chi connectivity index (χ1n) is 6.20. The van der Waals surface area contributed by atoms with E-state index < -0.39 is 0 Å². The Morgan fingerprint density at radius 2 is 2.15 bits per heavy atom. The number of halogens is 1. The summed E-state index contributed by atoms with van der Waals surface area (Å²) in [4.78, 5) is 5.35. The number of thiophene rings is 1. The van der Waals surface area contributed by atoms with E-state index in [4.69, 9.17) is 11.6 Å². The number of H-pyrrole nitrogens is 1. The van der Waals surface area contributed by atoms with E-state index in [0.29, 0.717) is 0 Å². The van der Waals surface area contributed by atoms with Gasteiger partial charge < -0.3 is 5.32 Å². The molecule has 0 aromatic carbocycles. The highest BCUT2D eigenvalue weighted by molar-refractivity contribution is 7.16. The molecule has 2 N–H and O–H groups in total. The Morgan fingerprint density at radius 3 is 2.90 bits per heavy atom. The van der Waals surface area contributed by atoms with Crippen molar-refractivity contribution in [3.8, 4) is 11.3 Å². The van der Waals surface area contributed by atoms with E-state index in [-0.39, 0.29) is 0 Å². The summed E-state index contributed by atoms with van der Waals surface area (Å²) >= 11 is 7.51. The smallest absolute Gasteiger partial charge is 0.0931 e. The molecule has 0 aliphatic heterocycles. The second-order valence-electron chi connectivity index (χ2n) is 4.32. The molecule has 20 heavy (non-hydrogen) atoms. The molecule has 0 unspecified atom stereocenters. The molecule has 102 valence electrons. The van der Waals surface area contributed by atoms with Gasteiger partial charge in [-0.2, -0.15) is 5.10 Å². The molecule has 3 rings (SSSR count). The van der Waals surface area contributed by atoms with Crippen molar-refractivity contribution in [2.75, 3.05) is 0 Å². The van der Waals surface area contributed by atoms with E-state index in [0.717, 1.165) is 34.2 Å². The van der Waals surface area contributed by atoms with Gasteiger partial charge in [0.25, 0.3) is 0 Å². The van der Waals surface area contributed by atoms with Gasteiger partial charge in [-0.1, -0.05) is 11.6 Å². The molecule has 3 aromatic rings. The lowest BCUT2D eigenvalue weighted by Gasteiger charge is -2.04. The fraction of sp³-hybridized carbons (Fsp3) is 0.143. The van der Waals surface area contributed by atoms with Crippen molar-refractivity contribution in [1.82, 2.24) is 20.5 Å². The van der Waals surface area contributed by atoms with Crippen LogP contribution in [0.4, 0.5) is 0 Å². The summed E-state index contributed by atoms with van der Waals surface area (Å²) in [5.74, 6) is 0. The van der Waals surface area contributed by atoms with Crippen LogP contribution in [-0.2, 0) is 13.1 Å². The Balaban J connectivity index is 1.65. The quantitative estimate of drug-likeness (QED) is 0.759. The summed E-state index contributed by atoms with van der Waals surface area (Å²) in [6.07, 6.45) is 5.44. The lowest BCUT2D eigenvalue weighted by atomic mass is 10.1. The fourth-order valence-corrected chi connectivity index (χ4v) is 3.03. The lowest BCUT2D eigenvalue weighted by molar-refractivity contribution is 0.702. The lowest BCUT2D eigenvalue weighted by Crippen LogP contribution is -2.11. The minimum atomic E-state index is 0.746. The highest BCUT2D eigenvalue weighted by Crippen LogP contribution is 2.22. The van der Waals surface area contributed by atoms with Crippen LogP contribution in [-0.4, -0.2) is 15.2 Å². The molecule has 0 radical (unpaired) electrons. The summed E-state index contributed by atoms with van der Waals surface area (Å²) in [5.41, 5.74) is 3.18. The third kappa shape index (κ3) is 3.07. The first-order valence-corrected chi connectivity index (χ1v) is 7.40. The topological polar surface area (TPSA) is 53.6 Å². The summed E-state index contributed by atoms with van der Waals surface area (Å²) in [6.45, 7) is 1.55. The zero-order valence-electron chi connectivity index (χ0n) is 10.6. The number of rotatable bonds is 5. The number of aromatic amines is 1. The van der Waals surface area contributed by atoms with Gasteiger partial charge in [-0.3, -0.25) is 10.1 Å². The minimum absolute atomic E-state index is 0.746. The van der Waals surface area contributed by atoms with Crippen molar-refractivity contribution >= 4 is 22.9 Å². The zero-order valence-corrected chi connectivity index (χ0v) is 12.2. The first-order chi connectivity index (χ1) is 9.83. The molecule has 0 fully saturated rings. The molecule has 6 heteroatoms. The van der Waals surface area contributed by atoms with Crippen LogP contribution in [0.25, 0.3) is 11.3 Å². The maximum atomic E-state index is 5.91. The molecule has 0 amide bonds. The molecule has 0 saturated heterocycles. The zero-order chi connectivity index (χ0) is 13.8. The average molecular weight is 305 g/mol. The molecule has 0 spiro atoms. The number of pyridine rings is 1. The van der Waals surface area contributed by atoms with Crippen molar-refractivity contribution in [3.63, 3.8) is 0 Å². The van der Waals surface area contributed by atoms with Gasteiger partial charge in [0, 0.05) is 41.5 Å². The van der Waals surface area contributed by atoms with Gasteiger partial charge in [0.2, 0.25) is 0 Å². The van der Waals surface area contributed by atoms with Crippen LogP contribution in [0.15, 0.2) is 42.9 Å². The highest BCUT2D eigenvalue weighted by atomic mass is 35.5. The molecule has 3 aromatic heterocycles. The van der Waals surface area contributed by atoms with E-state index in [1.165, 1.54) is 4.88 Å². The standard InChI is InChI=1S/C14H13ClN4S/c15-13-4-3-12(20-13)9-17-7-11-8-18-19-14(11)10-2-1-5-16-6-10/h1-6,8,17H,7,9H2,(H,18,19). The van der Waals surface area contributed by atoms with Crippen molar-refractivity contribution in [2.24, 2.45) is 0 Å². The number of hydrogen-bond acceptors (Lipinski definition) is 4. The van der Waals surface area contributed by atoms with Gasteiger partial charge in [-0.15, -0.1) is 11.3 Å². The van der Waals surface area contributed by atoms with Crippen LogP contribution < -0.4 is 5.32 Å². The van der Waals surface area contributed by atoms with E-state index in [9.17, 15) is 0 Å². The van der Waals surface area contributed by atoms with Gasteiger partial charge in [-0.05, 0) is 24.3 Å². The van der Waals surface area contributed by atoms with Crippen molar-refractivity contribution in [1.29, 1.82) is 0 Å². The van der Waals surface area contributed by atoms with Crippen molar-refractivity contribution in [3.05, 3.63) is 57.6 Å².